The smallest absolute Gasteiger partial charge is 0.0293 e. The molecular formula is C11H20BrN. The average Bonchev–Trinajstić information content (AvgIpc) is 2.29. The second kappa shape index (κ2) is 5.82. The van der Waals surface area contributed by atoms with Crippen LogP contribution in [0.3, 0.4) is 0 Å². The molecule has 1 saturated heterocycles. The fourth-order valence-corrected chi connectivity index (χ4v) is 2.39. The van der Waals surface area contributed by atoms with Gasteiger partial charge in [0.25, 0.3) is 0 Å². The predicted octanol–water partition coefficient (Wildman–Crippen LogP) is 3.41. The minimum Gasteiger partial charge on any atom is -0.299 e. The third-order valence-corrected chi connectivity index (χ3v) is 3.16. The van der Waals surface area contributed by atoms with Crippen LogP contribution in [0.2, 0.25) is 0 Å². The topological polar surface area (TPSA) is 3.24 Å². The molecule has 13 heavy (non-hydrogen) atoms. The van der Waals surface area contributed by atoms with Gasteiger partial charge in [-0.2, -0.15) is 0 Å². The Kier molecular flexibility index (Phi) is 5.04. The van der Waals surface area contributed by atoms with Crippen molar-refractivity contribution in [3.8, 4) is 0 Å². The Balaban J connectivity index is 2.31. The Bertz CT molecular complexity index is 167. The van der Waals surface area contributed by atoms with Gasteiger partial charge in [-0.15, -0.1) is 0 Å². The lowest BCUT2D eigenvalue weighted by atomic mass is 9.98. The van der Waals surface area contributed by atoms with E-state index in [1.54, 1.807) is 0 Å². The fourth-order valence-electron chi connectivity index (χ4n) is 2.03. The van der Waals surface area contributed by atoms with Gasteiger partial charge in [0.1, 0.15) is 0 Å². The zero-order chi connectivity index (χ0) is 9.68. The fraction of sp³-hybridized carbons (Fsp3) is 0.818. The van der Waals surface area contributed by atoms with Crippen LogP contribution in [0, 0.1) is 5.92 Å². The number of rotatable bonds is 3. The minimum absolute atomic E-state index is 0.966. The first-order valence-electron chi connectivity index (χ1n) is 5.28. The highest BCUT2D eigenvalue weighted by molar-refractivity contribution is 9.11. The maximum Gasteiger partial charge on any atom is 0.0293 e. The molecule has 1 unspecified atom stereocenters. The molecule has 0 N–H and O–H groups in total. The molecule has 1 heterocycles. The summed E-state index contributed by atoms with van der Waals surface area (Å²) in [5.74, 6) is 0.966. The first kappa shape index (κ1) is 11.3. The summed E-state index contributed by atoms with van der Waals surface area (Å²) in [5.41, 5.74) is 0. The SMILES string of the molecule is C=C(Br)CN1CCCC(CC)CC1. The summed E-state index contributed by atoms with van der Waals surface area (Å²) < 4.78 is 1.11. The van der Waals surface area contributed by atoms with E-state index in [9.17, 15) is 0 Å². The Hall–Kier alpha value is 0.180. The van der Waals surface area contributed by atoms with Crippen molar-refractivity contribution in [3.05, 3.63) is 11.1 Å². The van der Waals surface area contributed by atoms with Gasteiger partial charge in [0.2, 0.25) is 0 Å². The summed E-state index contributed by atoms with van der Waals surface area (Å²) in [6.45, 7) is 9.73. The van der Waals surface area contributed by atoms with Gasteiger partial charge in [0.05, 0.1) is 0 Å². The van der Waals surface area contributed by atoms with Gasteiger partial charge in [-0.05, 0) is 38.3 Å². The standard InChI is InChI=1S/C11H20BrN/c1-3-11-5-4-7-13(8-6-11)9-10(2)12/h11H,2-9H2,1H3. The average molecular weight is 246 g/mol. The van der Waals surface area contributed by atoms with Crippen molar-refractivity contribution in [2.24, 2.45) is 5.92 Å². The van der Waals surface area contributed by atoms with Gasteiger partial charge in [0.15, 0.2) is 0 Å². The van der Waals surface area contributed by atoms with E-state index in [2.05, 4.69) is 34.3 Å². The van der Waals surface area contributed by atoms with Crippen molar-refractivity contribution in [2.45, 2.75) is 32.6 Å². The largest absolute Gasteiger partial charge is 0.299 e. The van der Waals surface area contributed by atoms with Crippen LogP contribution in [0.5, 0.6) is 0 Å². The summed E-state index contributed by atoms with van der Waals surface area (Å²) in [6, 6.07) is 0. The van der Waals surface area contributed by atoms with Crippen molar-refractivity contribution in [1.82, 2.24) is 4.90 Å². The summed E-state index contributed by atoms with van der Waals surface area (Å²) in [5, 5.41) is 0. The van der Waals surface area contributed by atoms with Crippen LogP contribution in [0.25, 0.3) is 0 Å². The molecule has 0 saturated carbocycles. The van der Waals surface area contributed by atoms with E-state index in [1.807, 2.05) is 0 Å². The van der Waals surface area contributed by atoms with Crippen molar-refractivity contribution < 1.29 is 0 Å². The van der Waals surface area contributed by atoms with Gasteiger partial charge in [0, 0.05) is 11.0 Å². The summed E-state index contributed by atoms with van der Waals surface area (Å²) >= 11 is 3.43. The second-order valence-electron chi connectivity index (χ2n) is 4.00. The molecule has 0 aliphatic carbocycles. The van der Waals surface area contributed by atoms with Gasteiger partial charge < -0.3 is 0 Å². The number of hydrogen-bond acceptors (Lipinski definition) is 1. The van der Waals surface area contributed by atoms with E-state index < -0.39 is 0 Å². The van der Waals surface area contributed by atoms with Crippen LogP contribution in [-0.2, 0) is 0 Å². The van der Waals surface area contributed by atoms with E-state index in [4.69, 9.17) is 0 Å². The minimum atomic E-state index is 0.966. The number of nitrogens with zero attached hydrogens (tertiary/aromatic N) is 1. The zero-order valence-electron chi connectivity index (χ0n) is 8.56. The van der Waals surface area contributed by atoms with Crippen LogP contribution in [-0.4, -0.2) is 24.5 Å². The number of hydrogen-bond donors (Lipinski definition) is 0. The van der Waals surface area contributed by atoms with Crippen molar-refractivity contribution in [1.29, 1.82) is 0 Å². The van der Waals surface area contributed by atoms with E-state index >= 15 is 0 Å². The van der Waals surface area contributed by atoms with Gasteiger partial charge in [-0.3, -0.25) is 4.90 Å². The summed E-state index contributed by atoms with van der Waals surface area (Å²) in [7, 11) is 0. The quantitative estimate of drug-likeness (QED) is 0.737. The molecule has 1 rings (SSSR count). The Morgan fingerprint density at radius 1 is 1.46 bits per heavy atom. The lowest BCUT2D eigenvalue weighted by Gasteiger charge is -2.19. The highest BCUT2D eigenvalue weighted by Gasteiger charge is 2.15. The lowest BCUT2D eigenvalue weighted by molar-refractivity contribution is 0.308. The van der Waals surface area contributed by atoms with Crippen LogP contribution in [0.1, 0.15) is 32.6 Å². The number of likely N-dealkylation sites (tertiary alicyclic amines) is 1. The van der Waals surface area contributed by atoms with E-state index in [0.717, 1.165) is 16.9 Å². The molecule has 1 atom stereocenters. The zero-order valence-corrected chi connectivity index (χ0v) is 10.1. The van der Waals surface area contributed by atoms with Crippen LogP contribution in [0.15, 0.2) is 11.1 Å². The van der Waals surface area contributed by atoms with Gasteiger partial charge >= 0.3 is 0 Å². The van der Waals surface area contributed by atoms with Crippen molar-refractivity contribution in [2.75, 3.05) is 19.6 Å². The molecule has 0 aromatic heterocycles. The van der Waals surface area contributed by atoms with E-state index in [1.165, 1.54) is 38.8 Å². The maximum atomic E-state index is 3.89. The molecular weight excluding hydrogens is 226 g/mol. The van der Waals surface area contributed by atoms with Crippen molar-refractivity contribution in [3.63, 3.8) is 0 Å². The molecule has 0 aromatic carbocycles. The van der Waals surface area contributed by atoms with Gasteiger partial charge in [-0.1, -0.05) is 35.9 Å². The second-order valence-corrected chi connectivity index (χ2v) is 5.12. The Labute approximate surface area is 90.3 Å². The van der Waals surface area contributed by atoms with E-state index in [0.29, 0.717) is 0 Å². The first-order chi connectivity index (χ1) is 6.22. The van der Waals surface area contributed by atoms with Crippen LogP contribution < -0.4 is 0 Å². The third-order valence-electron chi connectivity index (χ3n) is 2.91. The van der Waals surface area contributed by atoms with E-state index in [-0.39, 0.29) is 0 Å². The monoisotopic (exact) mass is 245 g/mol. The normalized spacial score (nSPS) is 25.5. The molecule has 2 heteroatoms. The predicted molar refractivity (Wildman–Crippen MR) is 62.1 cm³/mol. The Morgan fingerprint density at radius 2 is 2.23 bits per heavy atom. The van der Waals surface area contributed by atoms with Crippen LogP contribution >= 0.6 is 15.9 Å². The molecule has 76 valence electrons. The summed E-state index contributed by atoms with van der Waals surface area (Å²) in [6.07, 6.45) is 5.50. The summed E-state index contributed by atoms with van der Waals surface area (Å²) in [4.78, 5) is 2.51. The molecule has 0 spiro atoms. The van der Waals surface area contributed by atoms with Crippen molar-refractivity contribution >= 4 is 15.9 Å². The first-order valence-corrected chi connectivity index (χ1v) is 6.07. The molecule has 1 aliphatic rings. The lowest BCUT2D eigenvalue weighted by Crippen LogP contribution is -2.25. The molecule has 1 nitrogen and oxygen atoms in total. The number of halogens is 1. The molecule has 0 radical (unpaired) electrons. The Morgan fingerprint density at radius 3 is 2.85 bits per heavy atom. The third kappa shape index (κ3) is 4.28. The van der Waals surface area contributed by atoms with Crippen LogP contribution in [0.4, 0.5) is 0 Å². The molecule has 1 aliphatic heterocycles. The molecule has 0 aromatic rings. The molecule has 1 fully saturated rings. The highest BCUT2D eigenvalue weighted by atomic mass is 79.9. The van der Waals surface area contributed by atoms with Gasteiger partial charge in [-0.25, -0.2) is 0 Å². The molecule has 0 bridgehead atoms. The molecule has 0 amide bonds. The maximum absolute atomic E-state index is 3.89. The highest BCUT2D eigenvalue weighted by Crippen LogP contribution is 2.20.